The third-order valence-corrected chi connectivity index (χ3v) is 5.10. The summed E-state index contributed by atoms with van der Waals surface area (Å²) in [5.41, 5.74) is 4.35. The summed E-state index contributed by atoms with van der Waals surface area (Å²) in [5, 5.41) is 20.6. The minimum Gasteiger partial charge on any atom is -0.249 e. The molecular weight excluding hydrogens is 394 g/mol. The normalized spacial score (nSPS) is 11.0. The summed E-state index contributed by atoms with van der Waals surface area (Å²) in [4.78, 5) is 4.70. The first kappa shape index (κ1) is 20.0. The van der Waals surface area contributed by atoms with E-state index in [9.17, 15) is 0 Å². The largest absolute Gasteiger partial charge is 0.249 e. The summed E-state index contributed by atoms with van der Waals surface area (Å²) in [7, 11) is 0. The van der Waals surface area contributed by atoms with E-state index in [4.69, 9.17) is 17.2 Å². The van der Waals surface area contributed by atoms with E-state index in [0.717, 1.165) is 54.1 Å². The molecule has 2 aromatic heterocycles. The summed E-state index contributed by atoms with van der Waals surface area (Å²) in [6, 6.07) is 16.6. The Bertz CT molecular complexity index is 1100. The van der Waals surface area contributed by atoms with Gasteiger partial charge in [0, 0.05) is 24.9 Å². The highest BCUT2D eigenvalue weighted by molar-refractivity contribution is 7.78. The molecular formula is C22H23N7S. The molecule has 0 saturated carbocycles. The van der Waals surface area contributed by atoms with E-state index >= 15 is 0 Å². The zero-order chi connectivity index (χ0) is 20.8. The number of unbranched alkanes of at least 4 members (excludes halogenated alkanes) is 1. The van der Waals surface area contributed by atoms with Crippen molar-refractivity contribution in [1.82, 2.24) is 35.4 Å². The van der Waals surface area contributed by atoms with Crippen LogP contribution in [0.5, 0.6) is 0 Å². The number of H-pyrrole nitrogens is 1. The number of nitrogens with one attached hydrogen (secondary N) is 1. The fourth-order valence-electron chi connectivity index (χ4n) is 3.40. The molecule has 152 valence electrons. The van der Waals surface area contributed by atoms with Crippen molar-refractivity contribution in [3.8, 4) is 22.5 Å². The zero-order valence-electron chi connectivity index (χ0n) is 16.8. The van der Waals surface area contributed by atoms with Crippen LogP contribution in [0.15, 0.2) is 48.5 Å². The molecule has 8 heteroatoms. The van der Waals surface area contributed by atoms with Crippen LogP contribution in [0.4, 0.5) is 0 Å². The van der Waals surface area contributed by atoms with Gasteiger partial charge in [-0.05, 0) is 38.9 Å². The summed E-state index contributed by atoms with van der Waals surface area (Å²) in [6.45, 7) is 3.06. The van der Waals surface area contributed by atoms with E-state index in [1.165, 1.54) is 5.56 Å². The van der Waals surface area contributed by atoms with E-state index in [0.29, 0.717) is 12.2 Å². The first-order valence-corrected chi connectivity index (χ1v) is 10.5. The number of benzene rings is 2. The van der Waals surface area contributed by atoms with Gasteiger partial charge in [-0.2, -0.15) is 5.10 Å². The van der Waals surface area contributed by atoms with E-state index in [-0.39, 0.29) is 0 Å². The molecule has 2 aromatic carbocycles. The maximum Gasteiger partial charge on any atom is 0.180 e. The second kappa shape index (κ2) is 9.49. The molecule has 4 aromatic rings. The smallest absolute Gasteiger partial charge is 0.180 e. The third kappa shape index (κ3) is 4.49. The van der Waals surface area contributed by atoms with Crippen LogP contribution in [0.2, 0.25) is 0 Å². The Morgan fingerprint density at radius 3 is 2.57 bits per heavy atom. The molecule has 0 bridgehead atoms. The van der Waals surface area contributed by atoms with E-state index in [1.54, 1.807) is 5.37 Å². The number of aromatic nitrogens is 7. The fourth-order valence-corrected chi connectivity index (χ4v) is 3.55. The molecule has 1 N–H and O–H groups in total. The molecule has 0 saturated heterocycles. The van der Waals surface area contributed by atoms with Crippen LogP contribution in [0, 0.1) is 0 Å². The van der Waals surface area contributed by atoms with Gasteiger partial charge in [0.15, 0.2) is 11.6 Å². The van der Waals surface area contributed by atoms with Crippen molar-refractivity contribution in [1.29, 1.82) is 0 Å². The molecule has 0 radical (unpaired) electrons. The van der Waals surface area contributed by atoms with Gasteiger partial charge in [0.2, 0.25) is 0 Å². The van der Waals surface area contributed by atoms with Crippen molar-refractivity contribution < 1.29 is 0 Å². The maximum atomic E-state index is 4.98. The van der Waals surface area contributed by atoms with Crippen molar-refractivity contribution >= 4 is 17.6 Å². The summed E-state index contributed by atoms with van der Waals surface area (Å²) >= 11 is 4.98. The highest BCUT2D eigenvalue weighted by Crippen LogP contribution is 2.29. The van der Waals surface area contributed by atoms with Crippen LogP contribution < -0.4 is 0 Å². The Balaban J connectivity index is 1.58. The molecule has 30 heavy (non-hydrogen) atoms. The minimum absolute atomic E-state index is 0.619. The fraction of sp³-hybridized carbons (Fsp3) is 0.273. The van der Waals surface area contributed by atoms with Crippen molar-refractivity contribution in [3.63, 3.8) is 0 Å². The third-order valence-electron chi connectivity index (χ3n) is 4.94. The van der Waals surface area contributed by atoms with Crippen LogP contribution in [-0.2, 0) is 19.4 Å². The van der Waals surface area contributed by atoms with Crippen LogP contribution in [0.3, 0.4) is 0 Å². The number of aryl methyl sites for hydroxylation is 1. The molecule has 0 spiro atoms. The molecule has 0 fully saturated rings. The van der Waals surface area contributed by atoms with Gasteiger partial charge in [-0.3, -0.25) is 0 Å². The lowest BCUT2D eigenvalue weighted by Crippen LogP contribution is -2.06. The topological polar surface area (TPSA) is 85.2 Å². The number of aromatic amines is 1. The summed E-state index contributed by atoms with van der Waals surface area (Å²) in [6.07, 6.45) is 3.56. The van der Waals surface area contributed by atoms with Crippen LogP contribution in [0.25, 0.3) is 22.5 Å². The zero-order valence-corrected chi connectivity index (χ0v) is 17.6. The van der Waals surface area contributed by atoms with Crippen molar-refractivity contribution in [2.24, 2.45) is 0 Å². The number of tetrazole rings is 1. The molecule has 0 aliphatic rings. The molecule has 7 nitrogen and oxygen atoms in total. The van der Waals surface area contributed by atoms with Gasteiger partial charge in [-0.15, -0.1) is 5.10 Å². The van der Waals surface area contributed by atoms with Crippen molar-refractivity contribution in [3.05, 3.63) is 65.7 Å². The number of thiocarbonyl (C=S) groups is 1. The Labute approximate surface area is 180 Å². The lowest BCUT2D eigenvalue weighted by Gasteiger charge is -2.09. The van der Waals surface area contributed by atoms with Crippen LogP contribution in [0.1, 0.15) is 37.0 Å². The maximum absolute atomic E-state index is 4.98. The highest BCUT2D eigenvalue weighted by atomic mass is 32.1. The van der Waals surface area contributed by atoms with E-state index in [2.05, 4.69) is 63.0 Å². The number of hydrogen-bond acceptors (Lipinski definition) is 6. The van der Waals surface area contributed by atoms with Gasteiger partial charge in [-0.25, -0.2) is 14.8 Å². The number of nitrogens with zero attached hydrogens (tertiary/aromatic N) is 6. The molecule has 0 aliphatic carbocycles. The summed E-state index contributed by atoms with van der Waals surface area (Å²) < 4.78 is 2.03. The average Bonchev–Trinajstić information content (AvgIpc) is 3.44. The first-order chi connectivity index (χ1) is 14.8. The Kier molecular flexibility index (Phi) is 6.34. The second-order valence-electron chi connectivity index (χ2n) is 7.06. The molecule has 0 unspecified atom stereocenters. The van der Waals surface area contributed by atoms with Crippen molar-refractivity contribution in [2.75, 3.05) is 0 Å². The molecule has 0 atom stereocenters. The van der Waals surface area contributed by atoms with Crippen molar-refractivity contribution in [2.45, 2.75) is 39.2 Å². The average molecular weight is 418 g/mol. The molecule has 2 heterocycles. The lowest BCUT2D eigenvalue weighted by atomic mass is 9.98. The van der Waals surface area contributed by atoms with Gasteiger partial charge in [0.1, 0.15) is 5.82 Å². The number of rotatable bonds is 9. The van der Waals surface area contributed by atoms with Gasteiger partial charge in [0.25, 0.3) is 0 Å². The van der Waals surface area contributed by atoms with Crippen LogP contribution in [-0.4, -0.2) is 40.8 Å². The Morgan fingerprint density at radius 1 is 1.07 bits per heavy atom. The highest BCUT2D eigenvalue weighted by Gasteiger charge is 2.12. The SMILES string of the molecule is CCCCn1nc(CC=S)nc1Cc1ccc(-c2ccccc2-c2nnn[nH]2)cc1. The minimum atomic E-state index is 0.619. The van der Waals surface area contributed by atoms with Gasteiger partial charge in [0.05, 0.1) is 0 Å². The molecule has 0 amide bonds. The van der Waals surface area contributed by atoms with E-state index in [1.807, 2.05) is 22.9 Å². The van der Waals surface area contributed by atoms with Crippen LogP contribution >= 0.6 is 12.2 Å². The predicted molar refractivity (Wildman–Crippen MR) is 120 cm³/mol. The number of hydrogen-bond donors (Lipinski definition) is 1. The molecule has 0 aliphatic heterocycles. The second-order valence-corrected chi connectivity index (χ2v) is 7.39. The Morgan fingerprint density at radius 2 is 1.87 bits per heavy atom. The Hall–Kier alpha value is -3.26. The molecule has 4 rings (SSSR count). The first-order valence-electron chi connectivity index (χ1n) is 10.1. The lowest BCUT2D eigenvalue weighted by molar-refractivity contribution is 0.547. The van der Waals surface area contributed by atoms with Gasteiger partial charge in [-0.1, -0.05) is 74.1 Å². The van der Waals surface area contributed by atoms with E-state index < -0.39 is 0 Å². The standard InChI is InChI=1S/C22H23N7S/c1-2-3-13-29-21(23-20(26-29)12-14-30)15-16-8-10-17(11-9-16)18-6-4-5-7-19(18)22-24-27-28-25-22/h4-11,14H,2-3,12-13,15H2,1H3,(H,24,25,27,28). The summed E-state index contributed by atoms with van der Waals surface area (Å²) in [5.74, 6) is 2.43. The van der Waals surface area contributed by atoms with Gasteiger partial charge >= 0.3 is 0 Å². The monoisotopic (exact) mass is 417 g/mol. The quantitative estimate of drug-likeness (QED) is 0.414. The predicted octanol–water partition coefficient (Wildman–Crippen LogP) is 4.06. The van der Waals surface area contributed by atoms with Gasteiger partial charge < -0.3 is 0 Å².